The summed E-state index contributed by atoms with van der Waals surface area (Å²) in [5.74, 6) is -1.87. The highest BCUT2D eigenvalue weighted by atomic mass is 28.1. The lowest BCUT2D eigenvalue weighted by molar-refractivity contribution is -0.133. The minimum absolute atomic E-state index is 0. The van der Waals surface area contributed by atoms with E-state index in [1.165, 1.54) is 13.8 Å². The lowest BCUT2D eigenvalue weighted by atomic mass is 10.4. The number of aliphatic carboxylic acids is 2. The summed E-state index contributed by atoms with van der Waals surface area (Å²) < 4.78 is 0. The maximum atomic E-state index is 9.60. The second-order valence-electron chi connectivity index (χ2n) is 2.17. The summed E-state index contributed by atoms with van der Waals surface area (Å²) in [5, 5.41) is 15.8. The molecule has 0 atom stereocenters. The molecule has 5 heteroatoms. The molecule has 0 aliphatic rings. The maximum absolute atomic E-state index is 9.60. The van der Waals surface area contributed by atoms with Gasteiger partial charge in [-0.3, -0.25) is 0 Å². The van der Waals surface area contributed by atoms with Crippen molar-refractivity contribution in [2.24, 2.45) is 0 Å². The van der Waals surface area contributed by atoms with Gasteiger partial charge in [0.1, 0.15) is 0 Å². The van der Waals surface area contributed by atoms with E-state index in [-0.39, 0.29) is 22.1 Å². The molecular formula is C8H12O4Si. The van der Waals surface area contributed by atoms with Crippen molar-refractivity contribution in [1.82, 2.24) is 0 Å². The van der Waals surface area contributed by atoms with Crippen LogP contribution in [0.5, 0.6) is 0 Å². The molecule has 0 rings (SSSR count). The normalized spacial score (nSPS) is 6.92. The molecule has 0 bridgehead atoms. The molecule has 0 saturated heterocycles. The maximum Gasteiger partial charge on any atom is 0.330 e. The molecule has 4 radical (unpaired) electrons. The summed E-state index contributed by atoms with van der Waals surface area (Å²) in [6, 6.07) is 0. The van der Waals surface area contributed by atoms with Gasteiger partial charge in [-0.1, -0.05) is 13.2 Å². The first-order chi connectivity index (χ1) is 5.29. The first-order valence-electron chi connectivity index (χ1n) is 3.06. The van der Waals surface area contributed by atoms with Gasteiger partial charge < -0.3 is 10.2 Å². The lowest BCUT2D eigenvalue weighted by Crippen LogP contribution is -1.92. The Balaban J connectivity index is -0.000000143. The van der Waals surface area contributed by atoms with Crippen molar-refractivity contribution in [3.05, 3.63) is 24.3 Å². The summed E-state index contributed by atoms with van der Waals surface area (Å²) in [7, 11) is 0. The molecule has 0 heterocycles. The van der Waals surface area contributed by atoms with Gasteiger partial charge in [0, 0.05) is 22.1 Å². The summed E-state index contributed by atoms with van der Waals surface area (Å²) in [4.78, 5) is 19.2. The zero-order valence-corrected chi connectivity index (χ0v) is 8.63. The molecule has 0 amide bonds. The third-order valence-corrected chi connectivity index (χ3v) is 0.730. The van der Waals surface area contributed by atoms with Gasteiger partial charge >= 0.3 is 11.9 Å². The van der Waals surface area contributed by atoms with Gasteiger partial charge in [0.2, 0.25) is 0 Å². The van der Waals surface area contributed by atoms with Crippen molar-refractivity contribution >= 4 is 22.9 Å². The van der Waals surface area contributed by atoms with Crippen molar-refractivity contribution in [2.75, 3.05) is 0 Å². The molecule has 72 valence electrons. The van der Waals surface area contributed by atoms with Gasteiger partial charge in [0.15, 0.2) is 0 Å². The van der Waals surface area contributed by atoms with Crippen LogP contribution in [0.2, 0.25) is 0 Å². The smallest absolute Gasteiger partial charge is 0.330 e. The Morgan fingerprint density at radius 2 is 1.00 bits per heavy atom. The molecule has 0 fully saturated rings. The molecule has 13 heavy (non-hydrogen) atoms. The fourth-order valence-electron chi connectivity index (χ4n) is 0. The molecule has 4 nitrogen and oxygen atoms in total. The molecule has 0 aliphatic carbocycles. The van der Waals surface area contributed by atoms with Gasteiger partial charge in [-0.25, -0.2) is 9.59 Å². The molecule has 0 aliphatic heterocycles. The Bertz CT molecular complexity index is 172. The summed E-state index contributed by atoms with van der Waals surface area (Å²) in [6.45, 7) is 9.20. The summed E-state index contributed by atoms with van der Waals surface area (Å²) >= 11 is 0. The molecule has 0 aromatic carbocycles. The highest BCUT2D eigenvalue weighted by Crippen LogP contribution is 1.81. The van der Waals surface area contributed by atoms with Crippen molar-refractivity contribution in [1.29, 1.82) is 0 Å². The number of carboxylic acids is 2. The van der Waals surface area contributed by atoms with Crippen LogP contribution in [0.4, 0.5) is 0 Å². The molecule has 0 aromatic rings. The van der Waals surface area contributed by atoms with Crippen LogP contribution in [0.15, 0.2) is 24.3 Å². The second-order valence-corrected chi connectivity index (χ2v) is 2.17. The highest BCUT2D eigenvalue weighted by molar-refractivity contribution is 5.85. The van der Waals surface area contributed by atoms with Crippen molar-refractivity contribution in [2.45, 2.75) is 13.8 Å². The number of hydrogen-bond donors (Lipinski definition) is 2. The van der Waals surface area contributed by atoms with Crippen LogP contribution in [-0.2, 0) is 9.59 Å². The van der Waals surface area contributed by atoms with Crippen LogP contribution in [0.25, 0.3) is 0 Å². The fourth-order valence-corrected chi connectivity index (χ4v) is 0. The summed E-state index contributed by atoms with van der Waals surface area (Å²) in [5.41, 5.74) is 0.352. The molecule has 0 spiro atoms. The highest BCUT2D eigenvalue weighted by Gasteiger charge is 1.90. The van der Waals surface area contributed by atoms with E-state index in [1.807, 2.05) is 0 Å². The number of hydrogen-bond acceptors (Lipinski definition) is 2. The molecule has 2 N–H and O–H groups in total. The Morgan fingerprint density at radius 1 is 0.923 bits per heavy atom. The van der Waals surface area contributed by atoms with Crippen LogP contribution in [0.3, 0.4) is 0 Å². The van der Waals surface area contributed by atoms with E-state index in [2.05, 4.69) is 13.2 Å². The third kappa shape index (κ3) is 18.0. The van der Waals surface area contributed by atoms with E-state index in [4.69, 9.17) is 10.2 Å². The zero-order valence-electron chi connectivity index (χ0n) is 7.63. The van der Waals surface area contributed by atoms with E-state index < -0.39 is 11.9 Å². The largest absolute Gasteiger partial charge is 0.478 e. The number of carbonyl (C=O) groups is 2. The van der Waals surface area contributed by atoms with E-state index in [1.54, 1.807) is 0 Å². The van der Waals surface area contributed by atoms with E-state index in [0.717, 1.165) is 0 Å². The molecular weight excluding hydrogens is 188 g/mol. The topological polar surface area (TPSA) is 74.6 Å². The lowest BCUT2D eigenvalue weighted by Gasteiger charge is -1.79. The van der Waals surface area contributed by atoms with Crippen LogP contribution in [-0.4, -0.2) is 33.1 Å². The second kappa shape index (κ2) is 8.73. The average Bonchev–Trinajstić information content (AvgIpc) is 1.88. The third-order valence-electron chi connectivity index (χ3n) is 0.730. The van der Waals surface area contributed by atoms with Gasteiger partial charge in [0.05, 0.1) is 0 Å². The average molecular weight is 200 g/mol. The molecule has 0 saturated carbocycles. The molecule has 0 unspecified atom stereocenters. The summed E-state index contributed by atoms with van der Waals surface area (Å²) in [6.07, 6.45) is 0. The van der Waals surface area contributed by atoms with E-state index in [9.17, 15) is 9.59 Å². The van der Waals surface area contributed by atoms with Crippen LogP contribution in [0, 0.1) is 0 Å². The predicted molar refractivity (Wildman–Crippen MR) is 50.7 cm³/mol. The quantitative estimate of drug-likeness (QED) is 0.513. The van der Waals surface area contributed by atoms with Gasteiger partial charge in [-0.15, -0.1) is 0 Å². The predicted octanol–water partition coefficient (Wildman–Crippen LogP) is 0.913. The first-order valence-corrected chi connectivity index (χ1v) is 3.06. The minimum atomic E-state index is -0.935. The van der Waals surface area contributed by atoms with Crippen molar-refractivity contribution in [3.8, 4) is 0 Å². The van der Waals surface area contributed by atoms with Gasteiger partial charge in [-0.2, -0.15) is 0 Å². The Labute approximate surface area is 81.6 Å². The number of rotatable bonds is 2. The van der Waals surface area contributed by atoms with Crippen LogP contribution < -0.4 is 0 Å². The standard InChI is InChI=1S/2C4H6O2.Si/c2*1-3(2)4(5)6;/h2*1H2,2H3,(H,5,6);. The Hall–Kier alpha value is -1.36. The SMILES string of the molecule is C=C(C)C(=O)O.C=C(C)C(=O)O.[Si]. The molecule has 0 aromatic heterocycles. The number of carboxylic acid groups (broad SMARTS) is 2. The van der Waals surface area contributed by atoms with E-state index in [0.29, 0.717) is 0 Å². The van der Waals surface area contributed by atoms with Gasteiger partial charge in [-0.05, 0) is 13.8 Å². The Morgan fingerprint density at radius 3 is 1.00 bits per heavy atom. The van der Waals surface area contributed by atoms with E-state index >= 15 is 0 Å². The van der Waals surface area contributed by atoms with Crippen LogP contribution >= 0.6 is 0 Å². The van der Waals surface area contributed by atoms with Crippen molar-refractivity contribution in [3.63, 3.8) is 0 Å². The monoisotopic (exact) mass is 200 g/mol. The van der Waals surface area contributed by atoms with Gasteiger partial charge in [0.25, 0.3) is 0 Å². The zero-order chi connectivity index (χ0) is 10.3. The first kappa shape index (κ1) is 17.7. The minimum Gasteiger partial charge on any atom is -0.478 e. The van der Waals surface area contributed by atoms with Crippen LogP contribution in [0.1, 0.15) is 13.8 Å². The fraction of sp³-hybridized carbons (Fsp3) is 0.250. The Kier molecular flexibility index (Phi) is 11.9. The van der Waals surface area contributed by atoms with Crippen molar-refractivity contribution < 1.29 is 19.8 Å².